The summed E-state index contributed by atoms with van der Waals surface area (Å²) in [5, 5.41) is 3.28. The summed E-state index contributed by atoms with van der Waals surface area (Å²) in [7, 11) is 3.95. The second-order valence-corrected chi connectivity index (χ2v) is 6.25. The fraction of sp³-hybridized carbons (Fsp3) is 0.562. The van der Waals surface area contributed by atoms with Crippen LogP contribution < -0.4 is 15.8 Å². The molecule has 0 saturated carbocycles. The Morgan fingerprint density at radius 3 is 2.68 bits per heavy atom. The highest BCUT2D eigenvalue weighted by molar-refractivity contribution is 6.32. The van der Waals surface area contributed by atoms with Crippen molar-refractivity contribution in [2.45, 2.75) is 25.0 Å². The van der Waals surface area contributed by atoms with E-state index in [2.05, 4.69) is 5.32 Å². The largest absolute Gasteiger partial charge is 0.491 e. The van der Waals surface area contributed by atoms with Gasteiger partial charge < -0.3 is 25.4 Å². The summed E-state index contributed by atoms with van der Waals surface area (Å²) in [6.07, 6.45) is 1.03. The van der Waals surface area contributed by atoms with E-state index >= 15 is 0 Å². The lowest BCUT2D eigenvalue weighted by atomic mass is 10.2. The maximum absolute atomic E-state index is 12.2. The van der Waals surface area contributed by atoms with E-state index in [0.717, 1.165) is 13.0 Å². The van der Waals surface area contributed by atoms with Crippen LogP contribution >= 0.6 is 36.4 Å². The van der Waals surface area contributed by atoms with E-state index in [1.807, 2.05) is 19.0 Å². The lowest BCUT2D eigenvalue weighted by Crippen LogP contribution is -2.29. The lowest BCUT2D eigenvalue weighted by molar-refractivity contribution is -0.126. The van der Waals surface area contributed by atoms with Crippen molar-refractivity contribution in [3.8, 4) is 5.75 Å². The monoisotopic (exact) mass is 413 g/mol. The van der Waals surface area contributed by atoms with Gasteiger partial charge in [0.25, 0.3) is 5.91 Å². The fourth-order valence-corrected chi connectivity index (χ4v) is 2.56. The van der Waals surface area contributed by atoms with Crippen LogP contribution in [0, 0.1) is 0 Å². The molecule has 0 spiro atoms. The fourth-order valence-electron chi connectivity index (χ4n) is 2.33. The van der Waals surface area contributed by atoms with Gasteiger partial charge in [-0.05, 0) is 45.1 Å². The van der Waals surface area contributed by atoms with Crippen LogP contribution in [0.25, 0.3) is 0 Å². The summed E-state index contributed by atoms with van der Waals surface area (Å²) >= 11 is 6.20. The molecule has 9 heteroatoms. The number of rotatable bonds is 7. The molecular weight excluding hydrogens is 389 g/mol. The summed E-state index contributed by atoms with van der Waals surface area (Å²) in [4.78, 5) is 14.2. The third kappa shape index (κ3) is 7.56. The van der Waals surface area contributed by atoms with Crippen LogP contribution in [0.3, 0.4) is 0 Å². The Morgan fingerprint density at radius 2 is 2.12 bits per heavy atom. The van der Waals surface area contributed by atoms with Gasteiger partial charge in [0.1, 0.15) is 18.5 Å². The molecule has 25 heavy (non-hydrogen) atoms. The minimum atomic E-state index is -0.446. The number of nitrogens with zero attached hydrogens (tertiary/aromatic N) is 1. The second-order valence-electron chi connectivity index (χ2n) is 5.85. The molecule has 1 aromatic carbocycles. The zero-order valence-electron chi connectivity index (χ0n) is 14.4. The molecule has 1 saturated heterocycles. The highest BCUT2D eigenvalue weighted by Crippen LogP contribution is 2.28. The molecule has 0 radical (unpaired) electrons. The molecular formula is C16H26Cl3N3O3. The third-order valence-electron chi connectivity index (χ3n) is 3.66. The molecule has 0 bridgehead atoms. The number of ether oxygens (including phenoxy) is 2. The molecule has 0 unspecified atom stereocenters. The molecule has 1 fully saturated rings. The van der Waals surface area contributed by atoms with Gasteiger partial charge in [-0.2, -0.15) is 0 Å². The SMILES string of the molecule is CN(C)CCOc1ccc(NC(=O)[C@@H]2CC[C@H](CN)O2)cc1Cl.Cl.Cl. The van der Waals surface area contributed by atoms with Crippen LogP contribution in [0.4, 0.5) is 5.69 Å². The number of carbonyl (C=O) groups is 1. The molecule has 2 atom stereocenters. The highest BCUT2D eigenvalue weighted by atomic mass is 35.5. The number of hydrogen-bond acceptors (Lipinski definition) is 5. The number of likely N-dealkylation sites (N-methyl/N-ethyl adjacent to an activating group) is 1. The van der Waals surface area contributed by atoms with E-state index in [1.165, 1.54) is 0 Å². The summed E-state index contributed by atoms with van der Waals surface area (Å²) in [6.45, 7) is 1.79. The molecule has 1 aromatic rings. The van der Waals surface area contributed by atoms with Crippen molar-refractivity contribution < 1.29 is 14.3 Å². The van der Waals surface area contributed by atoms with Crippen LogP contribution in [0.1, 0.15) is 12.8 Å². The summed E-state index contributed by atoms with van der Waals surface area (Å²) in [5.74, 6) is 0.435. The Balaban J connectivity index is 0.00000288. The Labute approximate surface area is 166 Å². The van der Waals surface area contributed by atoms with E-state index in [-0.39, 0.29) is 36.8 Å². The van der Waals surface area contributed by atoms with E-state index in [1.54, 1.807) is 18.2 Å². The van der Waals surface area contributed by atoms with E-state index < -0.39 is 6.10 Å². The van der Waals surface area contributed by atoms with Crippen molar-refractivity contribution in [1.82, 2.24) is 4.90 Å². The predicted molar refractivity (Wildman–Crippen MR) is 106 cm³/mol. The maximum Gasteiger partial charge on any atom is 0.253 e. The van der Waals surface area contributed by atoms with Crippen LogP contribution in [0.5, 0.6) is 5.75 Å². The molecule has 1 aliphatic rings. The molecule has 2 rings (SSSR count). The number of anilines is 1. The van der Waals surface area contributed by atoms with Crippen molar-refractivity contribution in [1.29, 1.82) is 0 Å². The smallest absolute Gasteiger partial charge is 0.253 e. The molecule has 1 amide bonds. The Bertz CT molecular complexity index is 547. The first-order chi connectivity index (χ1) is 11.0. The van der Waals surface area contributed by atoms with Gasteiger partial charge in [0, 0.05) is 18.8 Å². The van der Waals surface area contributed by atoms with Gasteiger partial charge in [0.2, 0.25) is 0 Å². The topological polar surface area (TPSA) is 76.8 Å². The number of halogens is 3. The molecule has 6 nitrogen and oxygen atoms in total. The Hall–Kier alpha value is -0.760. The van der Waals surface area contributed by atoms with Gasteiger partial charge in [-0.3, -0.25) is 4.79 Å². The first-order valence-corrected chi connectivity index (χ1v) is 8.11. The van der Waals surface area contributed by atoms with Gasteiger partial charge >= 0.3 is 0 Å². The van der Waals surface area contributed by atoms with Crippen LogP contribution in [-0.2, 0) is 9.53 Å². The zero-order valence-corrected chi connectivity index (χ0v) is 16.8. The standard InChI is InChI=1S/C16H24ClN3O3.2ClH/c1-20(2)7-8-22-14-5-3-11(9-13(14)17)19-16(21)15-6-4-12(10-18)23-15;;/h3,5,9,12,15H,4,6-8,10,18H2,1-2H3,(H,19,21);2*1H/t12-,15+;;/m1../s1. The van der Waals surface area contributed by atoms with Gasteiger partial charge in [-0.1, -0.05) is 11.6 Å². The molecule has 1 heterocycles. The molecule has 3 N–H and O–H groups in total. The normalized spacial score (nSPS) is 19.1. The van der Waals surface area contributed by atoms with Crippen molar-refractivity contribution in [2.75, 3.05) is 39.1 Å². The number of amides is 1. The van der Waals surface area contributed by atoms with Gasteiger partial charge in [0.15, 0.2) is 0 Å². The first-order valence-electron chi connectivity index (χ1n) is 7.73. The number of nitrogens with one attached hydrogen (secondary N) is 1. The predicted octanol–water partition coefficient (Wildman–Crippen LogP) is 2.57. The number of carbonyl (C=O) groups excluding carboxylic acids is 1. The highest BCUT2D eigenvalue weighted by Gasteiger charge is 2.29. The first kappa shape index (κ1) is 24.2. The van der Waals surface area contributed by atoms with Gasteiger partial charge in [-0.15, -0.1) is 24.8 Å². The minimum absolute atomic E-state index is 0. The van der Waals surface area contributed by atoms with Crippen molar-refractivity contribution in [3.05, 3.63) is 23.2 Å². The average molecular weight is 415 g/mol. The number of benzene rings is 1. The van der Waals surface area contributed by atoms with E-state index in [4.69, 9.17) is 26.8 Å². The maximum atomic E-state index is 12.2. The number of nitrogens with two attached hydrogens (primary N) is 1. The van der Waals surface area contributed by atoms with Crippen molar-refractivity contribution in [2.24, 2.45) is 5.73 Å². The van der Waals surface area contributed by atoms with E-state index in [9.17, 15) is 4.79 Å². The quantitative estimate of drug-likeness (QED) is 0.717. The van der Waals surface area contributed by atoms with Crippen molar-refractivity contribution in [3.63, 3.8) is 0 Å². The van der Waals surface area contributed by atoms with E-state index in [0.29, 0.717) is 36.0 Å². The Kier molecular flexibility index (Phi) is 11.4. The van der Waals surface area contributed by atoms with Crippen molar-refractivity contribution >= 4 is 48.0 Å². The molecule has 0 aliphatic carbocycles. The zero-order chi connectivity index (χ0) is 16.8. The van der Waals surface area contributed by atoms with Gasteiger partial charge in [-0.25, -0.2) is 0 Å². The number of hydrogen-bond donors (Lipinski definition) is 2. The minimum Gasteiger partial charge on any atom is -0.491 e. The summed E-state index contributed by atoms with van der Waals surface area (Å²) in [6, 6.07) is 5.20. The van der Waals surface area contributed by atoms with Gasteiger partial charge in [0.05, 0.1) is 11.1 Å². The lowest BCUT2D eigenvalue weighted by Gasteiger charge is -2.14. The van der Waals surface area contributed by atoms with Crippen LogP contribution in [-0.4, -0.2) is 56.8 Å². The second kappa shape index (κ2) is 11.8. The van der Waals surface area contributed by atoms with Crippen LogP contribution in [0.2, 0.25) is 5.02 Å². The average Bonchev–Trinajstić information content (AvgIpc) is 2.98. The molecule has 1 aliphatic heterocycles. The summed E-state index contributed by atoms with van der Waals surface area (Å²) in [5.41, 5.74) is 6.18. The third-order valence-corrected chi connectivity index (χ3v) is 3.95. The summed E-state index contributed by atoms with van der Waals surface area (Å²) < 4.78 is 11.2. The Morgan fingerprint density at radius 1 is 1.40 bits per heavy atom. The van der Waals surface area contributed by atoms with Crippen LogP contribution in [0.15, 0.2) is 18.2 Å². The molecule has 0 aromatic heterocycles. The molecule has 144 valence electrons.